The van der Waals surface area contributed by atoms with Gasteiger partial charge in [0.2, 0.25) is 0 Å². The molecule has 12 heavy (non-hydrogen) atoms. The van der Waals surface area contributed by atoms with E-state index in [1.54, 1.807) is 11.8 Å². The van der Waals surface area contributed by atoms with Gasteiger partial charge in [-0.05, 0) is 0 Å². The molecule has 4 heteroatoms. The van der Waals surface area contributed by atoms with Crippen LogP contribution >= 0.6 is 23.4 Å². The monoisotopic (exact) mass is 263 g/mol. The average Bonchev–Trinajstić information content (AvgIpc) is 2.09. The topological polar surface area (TPSA) is 23.8 Å². The van der Waals surface area contributed by atoms with Crippen LogP contribution in [0.5, 0.6) is 0 Å². The molecule has 0 bridgehead atoms. The van der Waals surface area contributed by atoms with Crippen molar-refractivity contribution in [2.45, 2.75) is 4.90 Å². The molecule has 0 saturated heterocycles. The van der Waals surface area contributed by atoms with Gasteiger partial charge in [-0.2, -0.15) is 0 Å². The van der Waals surface area contributed by atoms with Crippen molar-refractivity contribution in [3.8, 4) is 4.97 Å². The van der Waals surface area contributed by atoms with Crippen molar-refractivity contribution < 1.29 is 0 Å². The third-order valence-electron chi connectivity index (χ3n) is 1.16. The van der Waals surface area contributed by atoms with E-state index in [0.29, 0.717) is 0 Å². The molecule has 0 radical (unpaired) electrons. The maximum absolute atomic E-state index is 8.33. The first-order chi connectivity index (χ1) is 5.83. The molecular weight excluding hydrogens is 257 g/mol. The average molecular weight is 263 g/mol. The van der Waals surface area contributed by atoms with Crippen molar-refractivity contribution in [2.24, 2.45) is 0 Å². The molecule has 0 aliphatic rings. The Morgan fingerprint density at radius 2 is 2.08 bits per heavy atom. The van der Waals surface area contributed by atoms with Crippen molar-refractivity contribution in [1.29, 1.82) is 5.26 Å². The Morgan fingerprint density at radius 3 is 2.67 bits per heavy atom. The van der Waals surface area contributed by atoms with Gasteiger partial charge in [-0.25, -0.2) is 0 Å². The zero-order valence-corrected chi connectivity index (χ0v) is 9.44. The van der Waals surface area contributed by atoms with E-state index >= 15 is 0 Å². The van der Waals surface area contributed by atoms with Crippen LogP contribution in [-0.4, -0.2) is 19.6 Å². The summed E-state index contributed by atoms with van der Waals surface area (Å²) >= 11 is 7.52. The Kier molecular flexibility index (Phi) is 4.57. The second kappa shape index (κ2) is 5.50. The summed E-state index contributed by atoms with van der Waals surface area (Å²) in [5, 5.41) is 9.09. The normalized spacial score (nSPS) is 9.33. The van der Waals surface area contributed by atoms with Crippen LogP contribution in [0, 0.1) is 10.2 Å². The first kappa shape index (κ1) is 9.95. The summed E-state index contributed by atoms with van der Waals surface area (Å²) < 4.78 is 0.908. The molecule has 1 nitrogen and oxygen atoms in total. The van der Waals surface area contributed by atoms with Gasteiger partial charge < -0.3 is 0 Å². The van der Waals surface area contributed by atoms with E-state index in [-0.39, 0.29) is 15.0 Å². The van der Waals surface area contributed by atoms with Gasteiger partial charge in [-0.1, -0.05) is 0 Å². The number of nitriles is 1. The molecule has 0 fully saturated rings. The minimum absolute atomic E-state index is 0.101. The van der Waals surface area contributed by atoms with Crippen molar-refractivity contribution in [3.05, 3.63) is 29.3 Å². The Hall–Kier alpha value is -0.131. The Balaban J connectivity index is 2.43. The molecule has 1 aromatic rings. The number of halogens is 1. The minimum atomic E-state index is 0.101. The van der Waals surface area contributed by atoms with Crippen LogP contribution in [0.2, 0.25) is 5.02 Å². The molecule has 1 aromatic carbocycles. The summed E-state index contributed by atoms with van der Waals surface area (Å²) in [4.78, 5) is 3.34. The standard InChI is InChI=1S/C8H6ClNSSe/c9-7-1-3-8(4-2-7)11-6-12-5-10/h1-4H,6H2. The quantitative estimate of drug-likeness (QED) is 0.475. The molecule has 0 aromatic heterocycles. The van der Waals surface area contributed by atoms with Crippen molar-refractivity contribution in [2.75, 3.05) is 4.65 Å². The third-order valence-corrected chi connectivity index (χ3v) is 4.01. The fourth-order valence-electron chi connectivity index (χ4n) is 0.655. The van der Waals surface area contributed by atoms with E-state index < -0.39 is 0 Å². The van der Waals surface area contributed by atoms with Gasteiger partial charge in [0.05, 0.1) is 0 Å². The number of thioether (sulfide) groups is 1. The van der Waals surface area contributed by atoms with Crippen LogP contribution in [0.1, 0.15) is 0 Å². The van der Waals surface area contributed by atoms with Crippen LogP contribution in [0.4, 0.5) is 0 Å². The summed E-state index contributed by atoms with van der Waals surface area (Å²) in [7, 11) is 0. The maximum atomic E-state index is 8.33. The number of hydrogen-bond donors (Lipinski definition) is 0. The molecular formula is C8H6ClNSSe. The molecule has 0 N–H and O–H groups in total. The van der Waals surface area contributed by atoms with Gasteiger partial charge in [-0.3, -0.25) is 0 Å². The molecule has 0 heterocycles. The van der Waals surface area contributed by atoms with E-state index in [0.717, 1.165) is 9.67 Å². The fourth-order valence-corrected chi connectivity index (χ4v) is 2.92. The van der Waals surface area contributed by atoms with Gasteiger partial charge >= 0.3 is 87.4 Å². The van der Waals surface area contributed by atoms with E-state index in [1.165, 1.54) is 4.90 Å². The second-order valence-corrected chi connectivity index (χ2v) is 5.86. The molecule has 0 aliphatic carbocycles. The van der Waals surface area contributed by atoms with Crippen molar-refractivity contribution in [1.82, 2.24) is 0 Å². The number of hydrogen-bond acceptors (Lipinski definition) is 2. The molecule has 0 saturated carbocycles. The number of nitrogens with zero attached hydrogens (tertiary/aromatic N) is 1. The Bertz CT molecular complexity index is 280. The Morgan fingerprint density at radius 1 is 1.42 bits per heavy atom. The van der Waals surface area contributed by atoms with Crippen LogP contribution in [-0.2, 0) is 0 Å². The van der Waals surface area contributed by atoms with Gasteiger partial charge in [0.25, 0.3) is 0 Å². The molecule has 0 atom stereocenters. The number of rotatable bonds is 3. The summed E-state index contributed by atoms with van der Waals surface area (Å²) in [5.41, 5.74) is 0. The van der Waals surface area contributed by atoms with E-state index in [4.69, 9.17) is 16.9 Å². The van der Waals surface area contributed by atoms with E-state index in [2.05, 4.69) is 4.97 Å². The van der Waals surface area contributed by atoms with Crippen molar-refractivity contribution in [3.63, 3.8) is 0 Å². The summed E-state index contributed by atoms with van der Waals surface area (Å²) in [6.45, 7) is 0. The predicted octanol–water partition coefficient (Wildman–Crippen LogP) is 2.57. The van der Waals surface area contributed by atoms with Crippen LogP contribution in [0.3, 0.4) is 0 Å². The van der Waals surface area contributed by atoms with Crippen LogP contribution in [0.15, 0.2) is 29.2 Å². The second-order valence-electron chi connectivity index (χ2n) is 1.95. The molecule has 0 aliphatic heterocycles. The SMILES string of the molecule is N#C[Se]CSc1ccc(Cl)cc1. The van der Waals surface area contributed by atoms with E-state index in [1.807, 2.05) is 24.3 Å². The first-order valence-corrected chi connectivity index (χ1v) is 6.65. The van der Waals surface area contributed by atoms with Crippen molar-refractivity contribution >= 4 is 38.3 Å². The van der Waals surface area contributed by atoms with Crippen LogP contribution in [0.25, 0.3) is 0 Å². The molecule has 0 unspecified atom stereocenters. The predicted molar refractivity (Wildman–Crippen MR) is 53.5 cm³/mol. The number of benzene rings is 1. The third kappa shape index (κ3) is 3.51. The van der Waals surface area contributed by atoms with E-state index in [9.17, 15) is 0 Å². The molecule has 1 rings (SSSR count). The van der Waals surface area contributed by atoms with Gasteiger partial charge in [-0.15, -0.1) is 0 Å². The molecule has 0 amide bonds. The zero-order chi connectivity index (χ0) is 8.81. The first-order valence-electron chi connectivity index (χ1n) is 3.22. The molecule has 62 valence electrons. The summed E-state index contributed by atoms with van der Waals surface area (Å²) in [5.74, 6) is 0. The Labute approximate surface area is 87.3 Å². The van der Waals surface area contributed by atoms with Crippen LogP contribution < -0.4 is 0 Å². The van der Waals surface area contributed by atoms with Gasteiger partial charge in [0.15, 0.2) is 0 Å². The zero-order valence-electron chi connectivity index (χ0n) is 6.16. The van der Waals surface area contributed by atoms with Gasteiger partial charge in [0, 0.05) is 0 Å². The summed E-state index contributed by atoms with van der Waals surface area (Å²) in [6.07, 6.45) is 0. The molecule has 0 spiro atoms. The fraction of sp³-hybridized carbons (Fsp3) is 0.125. The van der Waals surface area contributed by atoms with Gasteiger partial charge in [0.1, 0.15) is 0 Å². The summed E-state index contributed by atoms with van der Waals surface area (Å²) in [6, 6.07) is 7.67.